The molecule has 3 rings (SSSR count). The van der Waals surface area contributed by atoms with Crippen molar-refractivity contribution in [1.29, 1.82) is 0 Å². The number of para-hydroxylation sites is 2. The quantitative estimate of drug-likeness (QED) is 0.725. The summed E-state index contributed by atoms with van der Waals surface area (Å²) in [6, 6.07) is 20.1. The Morgan fingerprint density at radius 1 is 0.818 bits per heavy atom. The molecule has 0 fully saturated rings. The third-order valence-corrected chi connectivity index (χ3v) is 3.37. The van der Waals surface area contributed by atoms with E-state index >= 15 is 0 Å². The van der Waals surface area contributed by atoms with Gasteiger partial charge in [-0.25, -0.2) is 9.97 Å². The molecule has 0 unspecified atom stereocenters. The number of anilines is 4. The Labute approximate surface area is 130 Å². The summed E-state index contributed by atoms with van der Waals surface area (Å²) >= 11 is 0. The lowest BCUT2D eigenvalue weighted by Crippen LogP contribution is -2.00. The van der Waals surface area contributed by atoms with Gasteiger partial charge >= 0.3 is 0 Å². The second-order valence-electron chi connectivity index (χ2n) is 4.92. The third kappa shape index (κ3) is 3.41. The summed E-state index contributed by atoms with van der Waals surface area (Å²) < 4.78 is 0. The summed E-state index contributed by atoms with van der Waals surface area (Å²) in [5.74, 6) is 1.53. The number of aromatic nitrogens is 2. The first-order chi connectivity index (χ1) is 10.8. The number of aryl methyl sites for hydroxylation is 1. The smallest absolute Gasteiger partial charge is 0.135 e. The van der Waals surface area contributed by atoms with E-state index in [-0.39, 0.29) is 0 Å². The average molecular weight is 290 g/mol. The molecule has 0 aliphatic rings. The van der Waals surface area contributed by atoms with Gasteiger partial charge in [0.2, 0.25) is 0 Å². The van der Waals surface area contributed by atoms with Crippen LogP contribution in [0.2, 0.25) is 0 Å². The van der Waals surface area contributed by atoms with Crippen LogP contribution in [0.25, 0.3) is 0 Å². The van der Waals surface area contributed by atoms with Crippen molar-refractivity contribution in [2.75, 3.05) is 10.6 Å². The number of rotatable bonds is 5. The maximum atomic E-state index is 4.29. The van der Waals surface area contributed by atoms with Crippen LogP contribution < -0.4 is 10.6 Å². The molecule has 1 heterocycles. The molecule has 2 aromatic carbocycles. The van der Waals surface area contributed by atoms with E-state index < -0.39 is 0 Å². The van der Waals surface area contributed by atoms with Crippen molar-refractivity contribution >= 4 is 23.0 Å². The molecule has 0 saturated carbocycles. The van der Waals surface area contributed by atoms with Gasteiger partial charge in [-0.2, -0.15) is 0 Å². The van der Waals surface area contributed by atoms with Crippen LogP contribution in [0.4, 0.5) is 23.0 Å². The van der Waals surface area contributed by atoms with Gasteiger partial charge in [0.05, 0.1) is 0 Å². The molecule has 0 saturated heterocycles. The van der Waals surface area contributed by atoms with Gasteiger partial charge in [-0.05, 0) is 30.2 Å². The minimum atomic E-state index is 0.762. The number of nitrogens with zero attached hydrogens (tertiary/aromatic N) is 2. The van der Waals surface area contributed by atoms with Crippen molar-refractivity contribution in [3.05, 3.63) is 72.6 Å². The maximum absolute atomic E-state index is 4.29. The molecule has 0 spiro atoms. The largest absolute Gasteiger partial charge is 0.340 e. The monoisotopic (exact) mass is 290 g/mol. The lowest BCUT2D eigenvalue weighted by Gasteiger charge is -2.11. The lowest BCUT2D eigenvalue weighted by molar-refractivity contribution is 1.13. The Balaban J connectivity index is 1.79. The summed E-state index contributed by atoms with van der Waals surface area (Å²) in [5.41, 5.74) is 3.34. The Bertz CT molecular complexity index is 741. The van der Waals surface area contributed by atoms with Gasteiger partial charge in [-0.3, -0.25) is 0 Å². The van der Waals surface area contributed by atoms with Crippen LogP contribution >= 0.6 is 0 Å². The zero-order chi connectivity index (χ0) is 15.2. The van der Waals surface area contributed by atoms with E-state index in [2.05, 4.69) is 39.7 Å². The lowest BCUT2D eigenvalue weighted by atomic mass is 10.1. The van der Waals surface area contributed by atoms with E-state index in [0.717, 1.165) is 29.4 Å². The average Bonchev–Trinajstić information content (AvgIpc) is 2.57. The van der Waals surface area contributed by atoms with Crippen molar-refractivity contribution < 1.29 is 0 Å². The molecule has 0 aliphatic heterocycles. The minimum absolute atomic E-state index is 0.762. The summed E-state index contributed by atoms with van der Waals surface area (Å²) in [5, 5.41) is 6.63. The van der Waals surface area contributed by atoms with Gasteiger partial charge in [0, 0.05) is 17.4 Å². The topological polar surface area (TPSA) is 49.8 Å². The van der Waals surface area contributed by atoms with E-state index in [1.807, 2.05) is 48.5 Å². The second-order valence-corrected chi connectivity index (χ2v) is 4.92. The molecular weight excluding hydrogens is 272 g/mol. The van der Waals surface area contributed by atoms with Gasteiger partial charge in [0.15, 0.2) is 0 Å². The molecule has 0 radical (unpaired) electrons. The van der Waals surface area contributed by atoms with Gasteiger partial charge in [0.25, 0.3) is 0 Å². The third-order valence-electron chi connectivity index (χ3n) is 3.37. The van der Waals surface area contributed by atoms with Crippen molar-refractivity contribution in [3.63, 3.8) is 0 Å². The highest BCUT2D eigenvalue weighted by Gasteiger charge is 2.03. The number of hydrogen-bond acceptors (Lipinski definition) is 4. The molecule has 0 bridgehead atoms. The van der Waals surface area contributed by atoms with Crippen molar-refractivity contribution in [3.8, 4) is 0 Å². The highest BCUT2D eigenvalue weighted by Crippen LogP contribution is 2.22. The Morgan fingerprint density at radius 2 is 1.50 bits per heavy atom. The van der Waals surface area contributed by atoms with Crippen LogP contribution in [0.15, 0.2) is 67.0 Å². The fraction of sp³-hybridized carbons (Fsp3) is 0.111. The van der Waals surface area contributed by atoms with Crippen molar-refractivity contribution in [1.82, 2.24) is 9.97 Å². The summed E-state index contributed by atoms with van der Waals surface area (Å²) in [6.45, 7) is 2.14. The minimum Gasteiger partial charge on any atom is -0.340 e. The SMILES string of the molecule is CCc1ccccc1Nc1cc(Nc2ccccc2)ncn1. The zero-order valence-electron chi connectivity index (χ0n) is 12.5. The highest BCUT2D eigenvalue weighted by atomic mass is 15.1. The molecule has 0 aliphatic carbocycles. The molecule has 4 nitrogen and oxygen atoms in total. The number of hydrogen-bond donors (Lipinski definition) is 2. The highest BCUT2D eigenvalue weighted by molar-refractivity contribution is 5.64. The molecule has 0 atom stereocenters. The molecule has 4 heteroatoms. The second kappa shape index (κ2) is 6.72. The number of benzene rings is 2. The standard InChI is InChI=1S/C18H18N4/c1-2-14-8-6-7-11-16(14)22-18-12-17(19-13-20-18)21-15-9-4-3-5-10-15/h3-13H,2H2,1H3,(H2,19,20,21,22). The fourth-order valence-electron chi connectivity index (χ4n) is 2.25. The predicted molar refractivity (Wildman–Crippen MR) is 90.9 cm³/mol. The Morgan fingerprint density at radius 3 is 2.27 bits per heavy atom. The molecule has 3 aromatic rings. The molecule has 2 N–H and O–H groups in total. The van der Waals surface area contributed by atoms with E-state index in [1.165, 1.54) is 5.56 Å². The molecule has 1 aromatic heterocycles. The van der Waals surface area contributed by atoms with E-state index in [9.17, 15) is 0 Å². The van der Waals surface area contributed by atoms with Crippen molar-refractivity contribution in [2.45, 2.75) is 13.3 Å². The first-order valence-corrected chi connectivity index (χ1v) is 7.34. The molecular formula is C18H18N4. The molecule has 110 valence electrons. The summed E-state index contributed by atoms with van der Waals surface area (Å²) in [7, 11) is 0. The first kappa shape index (κ1) is 14.1. The number of nitrogens with one attached hydrogen (secondary N) is 2. The maximum Gasteiger partial charge on any atom is 0.135 e. The van der Waals surface area contributed by atoms with Gasteiger partial charge in [0.1, 0.15) is 18.0 Å². The van der Waals surface area contributed by atoms with Gasteiger partial charge in [-0.15, -0.1) is 0 Å². The van der Waals surface area contributed by atoms with Crippen LogP contribution in [0.1, 0.15) is 12.5 Å². The van der Waals surface area contributed by atoms with E-state index in [0.29, 0.717) is 0 Å². The molecule has 22 heavy (non-hydrogen) atoms. The van der Waals surface area contributed by atoms with Crippen LogP contribution in [-0.4, -0.2) is 9.97 Å². The van der Waals surface area contributed by atoms with E-state index in [4.69, 9.17) is 0 Å². The van der Waals surface area contributed by atoms with Crippen molar-refractivity contribution in [2.24, 2.45) is 0 Å². The normalized spacial score (nSPS) is 10.2. The first-order valence-electron chi connectivity index (χ1n) is 7.34. The predicted octanol–water partition coefficient (Wildman–Crippen LogP) is 4.53. The van der Waals surface area contributed by atoms with Crippen LogP contribution in [0.5, 0.6) is 0 Å². The van der Waals surface area contributed by atoms with Crippen LogP contribution in [0, 0.1) is 0 Å². The Hall–Kier alpha value is -2.88. The van der Waals surface area contributed by atoms with E-state index in [1.54, 1.807) is 6.33 Å². The Kier molecular flexibility index (Phi) is 4.30. The fourth-order valence-corrected chi connectivity index (χ4v) is 2.25. The zero-order valence-corrected chi connectivity index (χ0v) is 12.5. The summed E-state index contributed by atoms with van der Waals surface area (Å²) in [6.07, 6.45) is 2.53. The molecule has 0 amide bonds. The van der Waals surface area contributed by atoms with Crippen LogP contribution in [-0.2, 0) is 6.42 Å². The van der Waals surface area contributed by atoms with Gasteiger partial charge in [-0.1, -0.05) is 43.3 Å². The van der Waals surface area contributed by atoms with Gasteiger partial charge < -0.3 is 10.6 Å². The summed E-state index contributed by atoms with van der Waals surface area (Å²) in [4.78, 5) is 8.55. The van der Waals surface area contributed by atoms with Crippen LogP contribution in [0.3, 0.4) is 0 Å².